The Bertz CT molecular complexity index is 696. The van der Waals surface area contributed by atoms with Crippen molar-refractivity contribution in [1.29, 1.82) is 0 Å². The van der Waals surface area contributed by atoms with Crippen LogP contribution in [0.3, 0.4) is 0 Å². The van der Waals surface area contributed by atoms with Gasteiger partial charge in [-0.15, -0.1) is 0 Å². The number of fused-ring (bicyclic) bond motifs is 1. The Morgan fingerprint density at radius 1 is 1.15 bits per heavy atom. The minimum absolute atomic E-state index is 0.175. The first-order valence-corrected chi connectivity index (χ1v) is 10.2. The Morgan fingerprint density at radius 3 is 2.40 bits per heavy atom. The summed E-state index contributed by atoms with van der Waals surface area (Å²) in [5.41, 5.74) is 1.93. The van der Waals surface area contributed by atoms with Crippen LogP contribution in [0.2, 0.25) is 18.1 Å². The highest BCUT2D eigenvalue weighted by Crippen LogP contribution is 2.38. The molecule has 1 heterocycles. The van der Waals surface area contributed by atoms with Crippen LogP contribution < -0.4 is 4.43 Å². The highest BCUT2D eigenvalue weighted by atomic mass is 32.1. The lowest BCUT2D eigenvalue weighted by Crippen LogP contribution is -2.43. The molecule has 0 unspecified atom stereocenters. The largest absolute Gasteiger partial charge is 0.543 e. The third kappa shape index (κ3) is 2.96. The van der Waals surface area contributed by atoms with Crippen LogP contribution in [0.25, 0.3) is 11.0 Å². The summed E-state index contributed by atoms with van der Waals surface area (Å²) in [5, 5.41) is 1.26. The fourth-order valence-corrected chi connectivity index (χ4v) is 3.11. The maximum atomic E-state index is 6.30. The molecule has 0 spiro atoms. The zero-order chi connectivity index (χ0) is 15.1. The second kappa shape index (κ2) is 5.01. The van der Waals surface area contributed by atoms with E-state index in [1.165, 1.54) is 0 Å². The van der Waals surface area contributed by atoms with E-state index in [2.05, 4.69) is 33.9 Å². The summed E-state index contributed by atoms with van der Waals surface area (Å²) in [6, 6.07) is 7.91. The predicted molar refractivity (Wildman–Crippen MR) is 89.6 cm³/mol. The summed E-state index contributed by atoms with van der Waals surface area (Å²) in [6.45, 7) is 13.2. The smallest absolute Gasteiger partial charge is 0.250 e. The van der Waals surface area contributed by atoms with Crippen molar-refractivity contribution in [2.24, 2.45) is 0 Å². The SMILES string of the molecule is Cc1cc(=S)oc2cc(O[Si](C)(C)C(C)(C)C)ccc12. The number of benzene rings is 1. The van der Waals surface area contributed by atoms with Gasteiger partial charge in [-0.1, -0.05) is 20.8 Å². The van der Waals surface area contributed by atoms with E-state index in [0.717, 1.165) is 22.3 Å². The fraction of sp³-hybridized carbons (Fsp3) is 0.438. The zero-order valence-electron chi connectivity index (χ0n) is 13.0. The van der Waals surface area contributed by atoms with E-state index in [1.807, 2.05) is 31.2 Å². The maximum Gasteiger partial charge on any atom is 0.250 e. The van der Waals surface area contributed by atoms with Crippen molar-refractivity contribution >= 4 is 31.5 Å². The summed E-state index contributed by atoms with van der Waals surface area (Å²) in [4.78, 5) is 0. The first kappa shape index (κ1) is 15.3. The quantitative estimate of drug-likeness (QED) is 0.513. The van der Waals surface area contributed by atoms with Gasteiger partial charge in [0, 0.05) is 11.5 Å². The molecule has 0 N–H and O–H groups in total. The molecule has 2 aromatic rings. The van der Waals surface area contributed by atoms with E-state index in [4.69, 9.17) is 21.1 Å². The van der Waals surface area contributed by atoms with Crippen molar-refractivity contribution in [1.82, 2.24) is 0 Å². The molecule has 0 saturated carbocycles. The molecule has 2 nitrogen and oxygen atoms in total. The molecular formula is C16H22O2SSi. The first-order valence-electron chi connectivity index (χ1n) is 6.84. The lowest BCUT2D eigenvalue weighted by atomic mass is 10.1. The van der Waals surface area contributed by atoms with Crippen molar-refractivity contribution in [3.05, 3.63) is 34.5 Å². The fourth-order valence-electron chi connectivity index (χ4n) is 1.82. The molecule has 0 aliphatic heterocycles. The van der Waals surface area contributed by atoms with E-state index in [-0.39, 0.29) is 5.04 Å². The average Bonchev–Trinajstić information content (AvgIpc) is 2.25. The molecule has 0 aliphatic rings. The van der Waals surface area contributed by atoms with Gasteiger partial charge in [-0.3, -0.25) is 0 Å². The third-order valence-electron chi connectivity index (χ3n) is 4.10. The second-order valence-corrected chi connectivity index (χ2v) is 11.9. The molecule has 2 rings (SSSR count). The maximum absolute atomic E-state index is 6.30. The van der Waals surface area contributed by atoms with Crippen molar-refractivity contribution in [3.8, 4) is 5.75 Å². The lowest BCUT2D eigenvalue weighted by Gasteiger charge is -2.36. The summed E-state index contributed by atoms with van der Waals surface area (Å²) in [6.07, 6.45) is 0. The summed E-state index contributed by atoms with van der Waals surface area (Å²) in [5.74, 6) is 0.868. The zero-order valence-corrected chi connectivity index (χ0v) is 14.9. The molecule has 0 atom stereocenters. The normalized spacial score (nSPS) is 12.7. The van der Waals surface area contributed by atoms with Crippen LogP contribution in [0.15, 0.2) is 28.7 Å². The van der Waals surface area contributed by atoms with Crippen LogP contribution in [0.4, 0.5) is 0 Å². The van der Waals surface area contributed by atoms with Crippen LogP contribution in [-0.4, -0.2) is 8.32 Å². The Kier molecular flexibility index (Phi) is 3.82. The molecule has 0 aliphatic carbocycles. The van der Waals surface area contributed by atoms with Crippen LogP contribution in [-0.2, 0) is 0 Å². The van der Waals surface area contributed by atoms with Gasteiger partial charge in [0.25, 0.3) is 0 Å². The summed E-state index contributed by atoms with van der Waals surface area (Å²) >= 11 is 5.14. The van der Waals surface area contributed by atoms with Crippen molar-refractivity contribution < 1.29 is 8.84 Å². The third-order valence-corrected chi connectivity index (χ3v) is 8.66. The molecule has 1 aromatic heterocycles. The number of hydrogen-bond acceptors (Lipinski definition) is 3. The van der Waals surface area contributed by atoms with Crippen LogP contribution >= 0.6 is 12.2 Å². The van der Waals surface area contributed by atoms with Crippen LogP contribution in [0.1, 0.15) is 26.3 Å². The number of aryl methyl sites for hydroxylation is 1. The van der Waals surface area contributed by atoms with E-state index >= 15 is 0 Å². The van der Waals surface area contributed by atoms with Crippen molar-refractivity contribution in [2.45, 2.75) is 45.8 Å². The molecule has 0 saturated heterocycles. The van der Waals surface area contributed by atoms with Gasteiger partial charge >= 0.3 is 0 Å². The number of rotatable bonds is 2. The van der Waals surface area contributed by atoms with E-state index in [0.29, 0.717) is 4.71 Å². The van der Waals surface area contributed by atoms with E-state index in [1.54, 1.807) is 0 Å². The standard InChI is InChI=1S/C16H22O2SSi/c1-11-9-15(19)17-14-10-12(7-8-13(11)14)18-20(5,6)16(2,3)4/h7-10H,1-6H3. The van der Waals surface area contributed by atoms with Gasteiger partial charge in [0.15, 0.2) is 4.71 Å². The molecule has 0 radical (unpaired) electrons. The van der Waals surface area contributed by atoms with Crippen molar-refractivity contribution in [3.63, 3.8) is 0 Å². The first-order chi connectivity index (χ1) is 9.10. The Hall–Kier alpha value is -1.13. The Balaban J connectivity index is 2.45. The minimum Gasteiger partial charge on any atom is -0.543 e. The van der Waals surface area contributed by atoms with Gasteiger partial charge in [0.1, 0.15) is 11.3 Å². The van der Waals surface area contributed by atoms with Gasteiger partial charge in [0.05, 0.1) is 0 Å². The molecule has 0 amide bonds. The van der Waals surface area contributed by atoms with E-state index < -0.39 is 8.32 Å². The van der Waals surface area contributed by atoms with Gasteiger partial charge in [0.2, 0.25) is 8.32 Å². The molecule has 1 aromatic carbocycles. The average molecular weight is 307 g/mol. The Labute approximate surface area is 126 Å². The summed E-state index contributed by atoms with van der Waals surface area (Å²) < 4.78 is 12.4. The molecular weight excluding hydrogens is 284 g/mol. The highest BCUT2D eigenvalue weighted by Gasteiger charge is 2.39. The van der Waals surface area contributed by atoms with E-state index in [9.17, 15) is 0 Å². The highest BCUT2D eigenvalue weighted by molar-refractivity contribution is 7.71. The minimum atomic E-state index is -1.83. The summed E-state index contributed by atoms with van der Waals surface area (Å²) in [7, 11) is -1.83. The van der Waals surface area contributed by atoms with Gasteiger partial charge in [-0.25, -0.2) is 0 Å². The molecule has 0 fully saturated rings. The monoisotopic (exact) mass is 306 g/mol. The van der Waals surface area contributed by atoms with Gasteiger partial charge in [-0.05, 0) is 61.0 Å². The van der Waals surface area contributed by atoms with Crippen molar-refractivity contribution in [2.75, 3.05) is 0 Å². The number of hydrogen-bond donors (Lipinski definition) is 0. The molecule has 4 heteroatoms. The molecule has 20 heavy (non-hydrogen) atoms. The Morgan fingerprint density at radius 2 is 1.80 bits per heavy atom. The van der Waals surface area contributed by atoms with Gasteiger partial charge < -0.3 is 8.84 Å². The van der Waals surface area contributed by atoms with Gasteiger partial charge in [-0.2, -0.15) is 0 Å². The second-order valence-electron chi connectivity index (χ2n) is 6.77. The predicted octanol–water partition coefficient (Wildman–Crippen LogP) is 5.85. The molecule has 0 bridgehead atoms. The van der Waals surface area contributed by atoms with Crippen LogP contribution in [0.5, 0.6) is 5.75 Å². The molecule has 108 valence electrons. The lowest BCUT2D eigenvalue weighted by molar-refractivity contribution is 0.490. The topological polar surface area (TPSA) is 22.4 Å². The van der Waals surface area contributed by atoms with Crippen LogP contribution in [0, 0.1) is 11.6 Å².